The third kappa shape index (κ3) is 3.71. The predicted octanol–water partition coefficient (Wildman–Crippen LogP) is 0.786. The number of likely N-dealkylation sites (tertiary alicyclic amines) is 1. The van der Waals surface area contributed by atoms with E-state index in [9.17, 15) is 9.59 Å². The Morgan fingerprint density at radius 3 is 2.60 bits per heavy atom. The van der Waals surface area contributed by atoms with Gasteiger partial charge in [-0.2, -0.15) is 0 Å². The first-order valence-corrected chi connectivity index (χ1v) is 6.47. The first-order valence-electron chi connectivity index (χ1n) is 6.47. The Hall–Kier alpha value is -1.59. The van der Waals surface area contributed by atoms with E-state index in [0.29, 0.717) is 12.1 Å². The lowest BCUT2D eigenvalue weighted by Gasteiger charge is -2.20. The summed E-state index contributed by atoms with van der Waals surface area (Å²) in [6.45, 7) is 2.53. The Kier molecular flexibility index (Phi) is 5.98. The number of rotatable bonds is 3. The molecule has 2 rings (SSSR count). The van der Waals surface area contributed by atoms with Crippen molar-refractivity contribution in [2.75, 3.05) is 13.1 Å². The van der Waals surface area contributed by atoms with Crippen LogP contribution in [0.3, 0.4) is 0 Å². The van der Waals surface area contributed by atoms with Crippen LogP contribution in [0.4, 0.5) is 0 Å². The van der Waals surface area contributed by atoms with Gasteiger partial charge in [-0.3, -0.25) is 9.59 Å². The highest BCUT2D eigenvalue weighted by Gasteiger charge is 2.32. The third-order valence-corrected chi connectivity index (χ3v) is 3.44. The van der Waals surface area contributed by atoms with Gasteiger partial charge in [0.15, 0.2) is 0 Å². The summed E-state index contributed by atoms with van der Waals surface area (Å²) in [6, 6.07) is 9.20. The number of amides is 2. The molecule has 3 N–H and O–H groups in total. The highest BCUT2D eigenvalue weighted by Crippen LogP contribution is 2.17. The Bertz CT molecular complexity index is 467. The van der Waals surface area contributed by atoms with Crippen LogP contribution < -0.4 is 11.1 Å². The molecule has 2 amide bonds. The molecule has 1 aliphatic heterocycles. The molecule has 6 heteroatoms. The van der Waals surface area contributed by atoms with E-state index in [0.717, 1.165) is 6.42 Å². The van der Waals surface area contributed by atoms with Crippen molar-refractivity contribution in [3.63, 3.8) is 0 Å². The molecule has 0 unspecified atom stereocenters. The van der Waals surface area contributed by atoms with Gasteiger partial charge < -0.3 is 16.0 Å². The van der Waals surface area contributed by atoms with E-state index in [2.05, 4.69) is 5.32 Å². The lowest BCUT2D eigenvalue weighted by atomic mass is 10.1. The Balaban J connectivity index is 0.00000200. The quantitative estimate of drug-likeness (QED) is 0.866. The fourth-order valence-electron chi connectivity index (χ4n) is 2.46. The van der Waals surface area contributed by atoms with E-state index < -0.39 is 0 Å². The van der Waals surface area contributed by atoms with Crippen molar-refractivity contribution in [3.8, 4) is 0 Å². The molecule has 5 nitrogen and oxygen atoms in total. The number of carbonyl (C=O) groups excluding carboxylic acids is 2. The van der Waals surface area contributed by atoms with E-state index in [1.165, 1.54) is 0 Å². The van der Waals surface area contributed by atoms with Crippen LogP contribution in [0.2, 0.25) is 0 Å². The number of hydrogen-bond donors (Lipinski definition) is 2. The van der Waals surface area contributed by atoms with Crippen LogP contribution in [0.25, 0.3) is 0 Å². The van der Waals surface area contributed by atoms with Crippen molar-refractivity contribution in [1.82, 2.24) is 10.2 Å². The van der Waals surface area contributed by atoms with Gasteiger partial charge in [0, 0.05) is 24.2 Å². The number of nitrogens with two attached hydrogens (primary N) is 1. The molecule has 0 bridgehead atoms. The van der Waals surface area contributed by atoms with Crippen LogP contribution in [0, 0.1) is 0 Å². The Morgan fingerprint density at radius 1 is 1.35 bits per heavy atom. The second-order valence-corrected chi connectivity index (χ2v) is 4.87. The summed E-state index contributed by atoms with van der Waals surface area (Å²) in [5.41, 5.74) is 6.01. The van der Waals surface area contributed by atoms with Crippen LogP contribution in [0.1, 0.15) is 23.7 Å². The number of carbonyl (C=O) groups is 2. The summed E-state index contributed by atoms with van der Waals surface area (Å²) in [5.74, 6) is -0.163. The van der Waals surface area contributed by atoms with Gasteiger partial charge in [-0.25, -0.2) is 0 Å². The average molecular weight is 298 g/mol. The van der Waals surface area contributed by atoms with Crippen molar-refractivity contribution in [2.45, 2.75) is 25.4 Å². The fraction of sp³-hybridized carbons (Fsp3) is 0.429. The molecular weight excluding hydrogens is 278 g/mol. The molecule has 1 fully saturated rings. The molecule has 0 aromatic heterocycles. The maximum atomic E-state index is 12.0. The highest BCUT2D eigenvalue weighted by molar-refractivity contribution is 5.94. The minimum Gasteiger partial charge on any atom is -0.347 e. The molecule has 1 heterocycles. The van der Waals surface area contributed by atoms with Crippen molar-refractivity contribution in [3.05, 3.63) is 35.9 Å². The molecule has 2 atom stereocenters. The summed E-state index contributed by atoms with van der Waals surface area (Å²) in [4.78, 5) is 25.4. The molecule has 110 valence electrons. The van der Waals surface area contributed by atoms with Crippen LogP contribution in [0.15, 0.2) is 30.3 Å². The van der Waals surface area contributed by atoms with Crippen LogP contribution in [-0.4, -0.2) is 41.9 Å². The maximum absolute atomic E-state index is 12.0. The summed E-state index contributed by atoms with van der Waals surface area (Å²) in [5, 5.41) is 2.96. The zero-order valence-corrected chi connectivity index (χ0v) is 12.2. The Labute approximate surface area is 124 Å². The SMILES string of the molecule is C[C@@H]1C[C@@H](NC(=O)c2ccccc2)CN1C(=O)CN.Cl. The second kappa shape index (κ2) is 7.26. The standard InChI is InChI=1S/C14H19N3O2.ClH/c1-10-7-12(9-17(10)13(18)8-15)16-14(19)11-5-3-2-4-6-11;/h2-6,10,12H,7-9,15H2,1H3,(H,16,19);1H/t10-,12-;/m1./s1. The predicted molar refractivity (Wildman–Crippen MR) is 79.8 cm³/mol. The first-order chi connectivity index (χ1) is 9.11. The van der Waals surface area contributed by atoms with E-state index >= 15 is 0 Å². The first kappa shape index (κ1) is 16.5. The van der Waals surface area contributed by atoms with E-state index in [4.69, 9.17) is 5.73 Å². The minimum absolute atomic E-state index is 0. The topological polar surface area (TPSA) is 75.4 Å². The zero-order valence-electron chi connectivity index (χ0n) is 11.4. The van der Waals surface area contributed by atoms with E-state index in [-0.39, 0.29) is 42.8 Å². The summed E-state index contributed by atoms with van der Waals surface area (Å²) in [6.07, 6.45) is 0.768. The lowest BCUT2D eigenvalue weighted by molar-refractivity contribution is -0.130. The molecule has 0 radical (unpaired) electrons. The van der Waals surface area contributed by atoms with Crippen LogP contribution in [-0.2, 0) is 4.79 Å². The summed E-state index contributed by atoms with van der Waals surface area (Å²) < 4.78 is 0. The number of benzene rings is 1. The van der Waals surface area contributed by atoms with Gasteiger partial charge in [-0.05, 0) is 25.5 Å². The molecule has 20 heavy (non-hydrogen) atoms. The fourth-order valence-corrected chi connectivity index (χ4v) is 2.46. The van der Waals surface area contributed by atoms with Crippen LogP contribution in [0.5, 0.6) is 0 Å². The third-order valence-electron chi connectivity index (χ3n) is 3.44. The van der Waals surface area contributed by atoms with Gasteiger partial charge in [0.1, 0.15) is 0 Å². The van der Waals surface area contributed by atoms with Crippen LogP contribution >= 0.6 is 12.4 Å². The zero-order chi connectivity index (χ0) is 13.8. The molecule has 0 aliphatic carbocycles. The molecule has 1 aromatic carbocycles. The molecule has 1 aliphatic rings. The normalized spacial score (nSPS) is 21.2. The van der Waals surface area contributed by atoms with Crippen molar-refractivity contribution in [2.24, 2.45) is 5.73 Å². The van der Waals surface area contributed by atoms with Gasteiger partial charge in [0.25, 0.3) is 5.91 Å². The van der Waals surface area contributed by atoms with Gasteiger partial charge in [0.2, 0.25) is 5.91 Å². The van der Waals surface area contributed by atoms with E-state index in [1.54, 1.807) is 17.0 Å². The molecular formula is C14H20ClN3O2. The monoisotopic (exact) mass is 297 g/mol. The lowest BCUT2D eigenvalue weighted by Crippen LogP contribution is -2.41. The maximum Gasteiger partial charge on any atom is 0.251 e. The van der Waals surface area contributed by atoms with Crippen molar-refractivity contribution < 1.29 is 9.59 Å². The van der Waals surface area contributed by atoms with Crippen molar-refractivity contribution >= 4 is 24.2 Å². The van der Waals surface area contributed by atoms with Gasteiger partial charge in [0.05, 0.1) is 6.54 Å². The number of nitrogens with zero attached hydrogens (tertiary/aromatic N) is 1. The largest absolute Gasteiger partial charge is 0.347 e. The van der Waals surface area contributed by atoms with E-state index in [1.807, 2.05) is 25.1 Å². The number of halogens is 1. The summed E-state index contributed by atoms with van der Waals surface area (Å²) >= 11 is 0. The van der Waals surface area contributed by atoms with Crippen molar-refractivity contribution in [1.29, 1.82) is 0 Å². The smallest absolute Gasteiger partial charge is 0.251 e. The van der Waals surface area contributed by atoms with Gasteiger partial charge in [-0.1, -0.05) is 18.2 Å². The molecule has 0 spiro atoms. The number of nitrogens with one attached hydrogen (secondary N) is 1. The average Bonchev–Trinajstić information content (AvgIpc) is 2.79. The number of hydrogen-bond acceptors (Lipinski definition) is 3. The minimum atomic E-state index is -0.0974. The highest BCUT2D eigenvalue weighted by atomic mass is 35.5. The molecule has 0 saturated carbocycles. The summed E-state index contributed by atoms with van der Waals surface area (Å²) in [7, 11) is 0. The van der Waals surface area contributed by atoms with Gasteiger partial charge in [-0.15, -0.1) is 12.4 Å². The van der Waals surface area contributed by atoms with Gasteiger partial charge >= 0.3 is 0 Å². The second-order valence-electron chi connectivity index (χ2n) is 4.87. The molecule has 1 saturated heterocycles. The molecule has 1 aromatic rings. The Morgan fingerprint density at radius 2 is 2.00 bits per heavy atom.